The van der Waals surface area contributed by atoms with Gasteiger partial charge in [-0.2, -0.15) is 0 Å². The smallest absolute Gasteiger partial charge is 0.374 e. The Bertz CT molecular complexity index is 791. The van der Waals surface area contributed by atoms with Gasteiger partial charge in [0.1, 0.15) is 0 Å². The highest BCUT2D eigenvalue weighted by Crippen LogP contribution is 2.20. The van der Waals surface area contributed by atoms with E-state index < -0.39 is 17.6 Å². The van der Waals surface area contributed by atoms with Crippen LogP contribution in [0, 0.1) is 6.92 Å². The van der Waals surface area contributed by atoms with Crippen LogP contribution in [0.15, 0.2) is 48.5 Å². The molecule has 0 aliphatic heterocycles. The molecule has 0 spiro atoms. The molecule has 0 saturated carbocycles. The second-order valence-electron chi connectivity index (χ2n) is 6.16. The van der Waals surface area contributed by atoms with Crippen LogP contribution in [0.1, 0.15) is 12.5 Å². The molecule has 0 fully saturated rings. The first-order valence-corrected chi connectivity index (χ1v) is 12.2. The van der Waals surface area contributed by atoms with E-state index in [-0.39, 0.29) is 5.91 Å². The Morgan fingerprint density at radius 1 is 0.821 bits per heavy atom. The Hall–Kier alpha value is -1.86. The van der Waals surface area contributed by atoms with Gasteiger partial charge in [0.05, 0.1) is 0 Å². The Labute approximate surface area is 168 Å². The minimum atomic E-state index is -3.42. The average molecular weight is 422 g/mol. The molecular weight excluding hydrogens is 394 g/mol. The minimum Gasteiger partial charge on any atom is -0.374 e. The predicted molar refractivity (Wildman–Crippen MR) is 112 cm³/mol. The van der Waals surface area contributed by atoms with Crippen molar-refractivity contribution in [3.63, 3.8) is 0 Å². The molecule has 2 rings (SSSR count). The van der Waals surface area contributed by atoms with Crippen LogP contribution in [0.25, 0.3) is 0 Å². The van der Waals surface area contributed by atoms with Gasteiger partial charge in [0.15, 0.2) is 0 Å². The summed E-state index contributed by atoms with van der Waals surface area (Å²) in [5.74, 6) is -0.169. The molecule has 0 aliphatic rings. The summed E-state index contributed by atoms with van der Waals surface area (Å²) in [6, 6.07) is 15.0. The zero-order chi connectivity index (χ0) is 20.8. The maximum Gasteiger partial charge on any atom is 0.529 e. The van der Waals surface area contributed by atoms with E-state index in [0.717, 1.165) is 10.8 Å². The van der Waals surface area contributed by atoms with Gasteiger partial charge < -0.3 is 27.1 Å². The van der Waals surface area contributed by atoms with Crippen molar-refractivity contribution in [2.24, 2.45) is 0 Å². The van der Waals surface area contributed by atoms with E-state index in [0.29, 0.717) is 10.9 Å². The van der Waals surface area contributed by atoms with Crippen molar-refractivity contribution >= 4 is 39.6 Å². The minimum absolute atomic E-state index is 0.169. The summed E-state index contributed by atoms with van der Waals surface area (Å²) in [7, 11) is -0.588. The summed E-state index contributed by atoms with van der Waals surface area (Å²) in [5.41, 5.74) is 1.74. The molecule has 28 heavy (non-hydrogen) atoms. The number of nitrogens with one attached hydrogen (secondary N) is 1. The fraction of sp³-hybridized carbons (Fsp3) is 0.316. The Balaban J connectivity index is 2.51. The van der Waals surface area contributed by atoms with Crippen molar-refractivity contribution in [3.05, 3.63) is 54.1 Å². The molecule has 0 aromatic heterocycles. The van der Waals surface area contributed by atoms with E-state index in [9.17, 15) is 4.79 Å². The van der Waals surface area contributed by atoms with Gasteiger partial charge in [0.2, 0.25) is 5.91 Å². The molecule has 2 aromatic rings. The number of rotatable bonds is 9. The summed E-state index contributed by atoms with van der Waals surface area (Å²) in [4.78, 5) is 11.4. The first kappa shape index (κ1) is 22.4. The quantitative estimate of drug-likeness (QED) is 0.619. The van der Waals surface area contributed by atoms with Crippen LogP contribution in [0.4, 0.5) is 5.69 Å². The fourth-order valence-corrected chi connectivity index (χ4v) is 9.02. The lowest BCUT2D eigenvalue weighted by molar-refractivity contribution is -0.114. The molecule has 0 heterocycles. The molecule has 0 saturated heterocycles. The van der Waals surface area contributed by atoms with Gasteiger partial charge in [-0.3, -0.25) is 4.79 Å². The summed E-state index contributed by atoms with van der Waals surface area (Å²) >= 11 is 0. The summed E-state index contributed by atoms with van der Waals surface area (Å²) < 4.78 is 29.6. The molecule has 9 heteroatoms. The lowest BCUT2D eigenvalue weighted by Crippen LogP contribution is -2.68. The number of hydrogen-bond donors (Lipinski definition) is 1. The van der Waals surface area contributed by atoms with Crippen LogP contribution >= 0.6 is 0 Å². The van der Waals surface area contributed by atoms with E-state index >= 15 is 0 Å². The lowest BCUT2D eigenvalue weighted by Gasteiger charge is -2.35. The highest BCUT2D eigenvalue weighted by atomic mass is 28.5. The third-order valence-corrected chi connectivity index (χ3v) is 10.6. The van der Waals surface area contributed by atoms with Gasteiger partial charge in [-0.25, -0.2) is 0 Å². The van der Waals surface area contributed by atoms with Crippen LogP contribution < -0.4 is 15.7 Å². The van der Waals surface area contributed by atoms with Crippen LogP contribution in [0.5, 0.6) is 0 Å². The molecule has 7 nitrogen and oxygen atoms in total. The first-order valence-electron chi connectivity index (χ1n) is 8.70. The standard InChI is InChI=1S/C19H27NO6Si2/c1-15-10-12-18(13-11-15)27(22-3,23-4)26-28(24-5,25-6)19-9-7-8-17(14-19)20-16(2)21/h7-14H,1-6H3,(H,20,21). The highest BCUT2D eigenvalue weighted by Gasteiger charge is 2.55. The molecular formula is C19H27NO6Si2. The van der Waals surface area contributed by atoms with Gasteiger partial charge in [0.25, 0.3) is 0 Å². The SMILES string of the molecule is CO[Si](OC)(O[Si](OC)(OC)c1cccc(NC(C)=O)c1)c1ccc(C)cc1. The zero-order valence-corrected chi connectivity index (χ0v) is 19.1. The first-order chi connectivity index (χ1) is 13.3. The van der Waals surface area contributed by atoms with E-state index in [1.54, 1.807) is 32.4 Å². The largest absolute Gasteiger partial charge is 0.529 e. The molecule has 0 bridgehead atoms. The van der Waals surface area contributed by atoms with Crippen LogP contribution in [-0.4, -0.2) is 52.0 Å². The number of carbonyl (C=O) groups excluding carboxylic acids is 1. The van der Waals surface area contributed by atoms with Crippen molar-refractivity contribution in [1.29, 1.82) is 0 Å². The predicted octanol–water partition coefficient (Wildman–Crippen LogP) is 1.55. The molecule has 0 aliphatic carbocycles. The number of carbonyl (C=O) groups is 1. The molecule has 2 aromatic carbocycles. The second-order valence-corrected chi connectivity index (χ2v) is 12.0. The fourth-order valence-electron chi connectivity index (χ4n) is 2.85. The number of hydrogen-bond acceptors (Lipinski definition) is 6. The Morgan fingerprint density at radius 3 is 1.86 bits per heavy atom. The van der Waals surface area contributed by atoms with E-state index in [2.05, 4.69) is 5.32 Å². The van der Waals surface area contributed by atoms with Gasteiger partial charge in [-0.05, 0) is 19.1 Å². The topological polar surface area (TPSA) is 75.2 Å². The molecule has 0 unspecified atom stereocenters. The normalized spacial score (nSPS) is 12.1. The van der Waals surface area contributed by atoms with Crippen molar-refractivity contribution in [2.45, 2.75) is 13.8 Å². The molecule has 0 atom stereocenters. The molecule has 0 radical (unpaired) electrons. The Kier molecular flexibility index (Phi) is 7.66. The maximum atomic E-state index is 11.4. The van der Waals surface area contributed by atoms with E-state index in [1.807, 2.05) is 37.3 Å². The Morgan fingerprint density at radius 2 is 1.36 bits per heavy atom. The maximum absolute atomic E-state index is 11.4. The van der Waals surface area contributed by atoms with E-state index in [4.69, 9.17) is 21.8 Å². The van der Waals surface area contributed by atoms with Crippen molar-refractivity contribution in [2.75, 3.05) is 33.8 Å². The van der Waals surface area contributed by atoms with Crippen molar-refractivity contribution < 1.29 is 26.6 Å². The summed E-state index contributed by atoms with van der Waals surface area (Å²) in [6.45, 7) is 3.45. The van der Waals surface area contributed by atoms with Gasteiger partial charge in [-0.15, -0.1) is 0 Å². The van der Waals surface area contributed by atoms with Crippen molar-refractivity contribution in [1.82, 2.24) is 0 Å². The van der Waals surface area contributed by atoms with Gasteiger partial charge in [0, 0.05) is 51.4 Å². The monoisotopic (exact) mass is 421 g/mol. The summed E-state index contributed by atoms with van der Waals surface area (Å²) in [6.07, 6.45) is 0. The highest BCUT2D eigenvalue weighted by molar-refractivity contribution is 6.88. The average Bonchev–Trinajstić information content (AvgIpc) is 2.70. The number of aryl methyl sites for hydroxylation is 1. The number of amides is 1. The third kappa shape index (κ3) is 4.76. The van der Waals surface area contributed by atoms with Crippen LogP contribution in [0.3, 0.4) is 0 Å². The van der Waals surface area contributed by atoms with Crippen LogP contribution in [-0.2, 0) is 26.6 Å². The van der Waals surface area contributed by atoms with Crippen LogP contribution in [0.2, 0.25) is 0 Å². The molecule has 1 amide bonds. The van der Waals surface area contributed by atoms with Crippen molar-refractivity contribution in [3.8, 4) is 0 Å². The van der Waals surface area contributed by atoms with Gasteiger partial charge >= 0.3 is 17.6 Å². The number of benzene rings is 2. The zero-order valence-electron chi connectivity index (χ0n) is 17.1. The third-order valence-electron chi connectivity index (χ3n) is 4.29. The lowest BCUT2D eigenvalue weighted by atomic mass is 10.2. The number of anilines is 1. The molecule has 152 valence electrons. The summed E-state index contributed by atoms with van der Waals surface area (Å²) in [5, 5.41) is 4.24. The van der Waals surface area contributed by atoms with E-state index in [1.165, 1.54) is 21.1 Å². The second kappa shape index (κ2) is 9.57. The molecule has 1 N–H and O–H groups in total. The van der Waals surface area contributed by atoms with Gasteiger partial charge in [-0.1, -0.05) is 42.0 Å².